The molecule has 0 aromatic carbocycles. The van der Waals surface area contributed by atoms with Gasteiger partial charge in [-0.3, -0.25) is 0 Å². The summed E-state index contributed by atoms with van der Waals surface area (Å²) >= 11 is 0. The van der Waals surface area contributed by atoms with Crippen molar-refractivity contribution in [2.45, 2.75) is 39.7 Å². The van der Waals surface area contributed by atoms with Crippen LogP contribution < -0.4 is 15.8 Å². The van der Waals surface area contributed by atoms with Crippen LogP contribution in [0.2, 0.25) is 0 Å². The molecule has 0 bridgehead atoms. The third-order valence-corrected chi connectivity index (χ3v) is 3.68. The Hall–Kier alpha value is -0.860. The topological polar surface area (TPSA) is 117 Å². The van der Waals surface area contributed by atoms with E-state index in [1.807, 2.05) is 13.8 Å². The van der Waals surface area contributed by atoms with E-state index in [-0.39, 0.29) is 5.84 Å². The van der Waals surface area contributed by atoms with Crippen molar-refractivity contribution in [3.8, 4) is 0 Å². The predicted molar refractivity (Wildman–Crippen MR) is 76.7 cm³/mol. The summed E-state index contributed by atoms with van der Waals surface area (Å²) < 4.78 is 24.9. The Bertz CT molecular complexity index is 416. The van der Waals surface area contributed by atoms with E-state index in [9.17, 15) is 8.42 Å². The smallest absolute Gasteiger partial charge is 0.209 e. The van der Waals surface area contributed by atoms with Gasteiger partial charge in [-0.2, -0.15) is 0 Å². The molecule has 0 aliphatic carbocycles. The largest absolute Gasteiger partial charge is 0.409 e. The SMILES string of the molecule is CC(C)(CNCCC(C)(C)C(N)=NO)NS(C)(=O)=O. The van der Waals surface area contributed by atoms with Crippen LogP contribution in [-0.2, 0) is 10.0 Å². The minimum atomic E-state index is -3.23. The highest BCUT2D eigenvalue weighted by Gasteiger charge is 2.25. The van der Waals surface area contributed by atoms with Gasteiger partial charge >= 0.3 is 0 Å². The number of hydrogen-bond acceptors (Lipinski definition) is 5. The van der Waals surface area contributed by atoms with Crippen molar-refractivity contribution in [1.29, 1.82) is 0 Å². The van der Waals surface area contributed by atoms with Crippen LogP contribution in [-0.4, -0.2) is 44.3 Å². The molecule has 0 aromatic heterocycles. The van der Waals surface area contributed by atoms with Gasteiger partial charge in [-0.15, -0.1) is 0 Å². The number of nitrogens with two attached hydrogens (primary N) is 1. The maximum atomic E-state index is 11.2. The summed E-state index contributed by atoms with van der Waals surface area (Å²) in [6, 6.07) is 0. The molecule has 0 fully saturated rings. The quantitative estimate of drug-likeness (QED) is 0.166. The van der Waals surface area contributed by atoms with Crippen LogP contribution >= 0.6 is 0 Å². The van der Waals surface area contributed by atoms with Gasteiger partial charge in [-0.25, -0.2) is 13.1 Å². The highest BCUT2D eigenvalue weighted by molar-refractivity contribution is 7.88. The zero-order valence-corrected chi connectivity index (χ0v) is 13.1. The Kier molecular flexibility index (Phi) is 6.24. The average molecular weight is 294 g/mol. The Balaban J connectivity index is 4.18. The van der Waals surface area contributed by atoms with Crippen LogP contribution in [0.5, 0.6) is 0 Å². The molecule has 0 rings (SSSR count). The van der Waals surface area contributed by atoms with E-state index in [4.69, 9.17) is 10.9 Å². The van der Waals surface area contributed by atoms with Gasteiger partial charge in [0.25, 0.3) is 0 Å². The molecule has 7 nitrogen and oxygen atoms in total. The minimum Gasteiger partial charge on any atom is -0.409 e. The predicted octanol–water partition coefficient (Wildman–Crippen LogP) is 0.0665. The fourth-order valence-electron chi connectivity index (χ4n) is 1.60. The van der Waals surface area contributed by atoms with Crippen molar-refractivity contribution in [3.63, 3.8) is 0 Å². The van der Waals surface area contributed by atoms with Crippen LogP contribution in [0.15, 0.2) is 5.16 Å². The van der Waals surface area contributed by atoms with Crippen molar-refractivity contribution >= 4 is 15.9 Å². The van der Waals surface area contributed by atoms with E-state index in [1.165, 1.54) is 0 Å². The van der Waals surface area contributed by atoms with Gasteiger partial charge < -0.3 is 16.3 Å². The lowest BCUT2D eigenvalue weighted by Crippen LogP contribution is -2.50. The third kappa shape index (κ3) is 8.02. The standard InChI is InChI=1S/C11H26N4O3S/c1-10(2,9(12)14-16)6-7-13-8-11(3,4)15-19(5,17)18/h13,15-16H,6-8H2,1-5H3,(H2,12,14). The number of nitrogens with zero attached hydrogens (tertiary/aromatic N) is 1. The molecule has 0 unspecified atom stereocenters. The minimum absolute atomic E-state index is 0.183. The molecule has 0 amide bonds. The molecule has 0 aliphatic rings. The number of sulfonamides is 1. The summed E-state index contributed by atoms with van der Waals surface area (Å²) in [4.78, 5) is 0. The molecule has 8 heteroatoms. The molecule has 0 atom stereocenters. The van der Waals surface area contributed by atoms with Gasteiger partial charge in [0.1, 0.15) is 5.84 Å². The fraction of sp³-hybridized carbons (Fsp3) is 0.909. The maximum absolute atomic E-state index is 11.2. The van der Waals surface area contributed by atoms with E-state index in [0.717, 1.165) is 6.26 Å². The van der Waals surface area contributed by atoms with Crippen LogP contribution in [0.4, 0.5) is 0 Å². The summed E-state index contributed by atoms with van der Waals surface area (Å²) in [5, 5.41) is 14.8. The zero-order chi connectivity index (χ0) is 15.3. The zero-order valence-electron chi connectivity index (χ0n) is 12.3. The van der Waals surface area contributed by atoms with E-state index >= 15 is 0 Å². The van der Waals surface area contributed by atoms with Gasteiger partial charge in [0.15, 0.2) is 0 Å². The highest BCUT2D eigenvalue weighted by atomic mass is 32.2. The molecule has 0 heterocycles. The van der Waals surface area contributed by atoms with Gasteiger partial charge in [0.05, 0.1) is 6.26 Å². The monoisotopic (exact) mass is 294 g/mol. The first-order valence-corrected chi connectivity index (χ1v) is 7.96. The average Bonchev–Trinajstić information content (AvgIpc) is 2.20. The highest BCUT2D eigenvalue weighted by Crippen LogP contribution is 2.19. The molecule has 0 aromatic rings. The van der Waals surface area contributed by atoms with Gasteiger partial charge in [-0.1, -0.05) is 19.0 Å². The van der Waals surface area contributed by atoms with Gasteiger partial charge in [-0.05, 0) is 26.8 Å². The summed E-state index contributed by atoms with van der Waals surface area (Å²) in [6.45, 7) is 8.49. The molecule has 19 heavy (non-hydrogen) atoms. The first kappa shape index (κ1) is 18.1. The second-order valence-corrected chi connectivity index (χ2v) is 7.80. The van der Waals surface area contributed by atoms with E-state index < -0.39 is 21.0 Å². The Morgan fingerprint density at radius 3 is 2.26 bits per heavy atom. The van der Waals surface area contributed by atoms with Crippen LogP contribution in [0.3, 0.4) is 0 Å². The Morgan fingerprint density at radius 1 is 1.32 bits per heavy atom. The van der Waals surface area contributed by atoms with E-state index in [0.29, 0.717) is 19.5 Å². The number of rotatable bonds is 8. The Morgan fingerprint density at radius 2 is 1.84 bits per heavy atom. The Labute approximate surface area is 115 Å². The molecule has 0 saturated heterocycles. The molecular weight excluding hydrogens is 268 g/mol. The van der Waals surface area contributed by atoms with E-state index in [1.54, 1.807) is 13.8 Å². The molecule has 0 radical (unpaired) electrons. The lowest BCUT2D eigenvalue weighted by molar-refractivity contribution is 0.304. The van der Waals surface area contributed by atoms with Crippen molar-refractivity contribution in [2.75, 3.05) is 19.3 Å². The molecule has 5 N–H and O–H groups in total. The van der Waals surface area contributed by atoms with E-state index in [2.05, 4.69) is 15.2 Å². The first-order valence-electron chi connectivity index (χ1n) is 6.07. The molecule has 0 spiro atoms. The second-order valence-electron chi connectivity index (χ2n) is 6.05. The number of hydrogen-bond donors (Lipinski definition) is 4. The normalized spacial score (nSPS) is 14.7. The van der Waals surface area contributed by atoms with Crippen LogP contribution in [0.1, 0.15) is 34.1 Å². The lowest BCUT2D eigenvalue weighted by atomic mass is 9.88. The molecule has 0 aliphatic heterocycles. The summed E-state index contributed by atoms with van der Waals surface area (Å²) in [5.74, 6) is 0.183. The molecular formula is C11H26N4O3S. The molecule has 114 valence electrons. The first-order chi connectivity index (χ1) is 8.40. The van der Waals surface area contributed by atoms with Crippen molar-refractivity contribution in [3.05, 3.63) is 0 Å². The summed E-state index contributed by atoms with van der Waals surface area (Å²) in [7, 11) is -3.23. The third-order valence-electron chi connectivity index (χ3n) is 2.76. The number of nitrogens with one attached hydrogen (secondary N) is 2. The number of amidine groups is 1. The van der Waals surface area contributed by atoms with Gasteiger partial charge in [0.2, 0.25) is 10.0 Å². The second kappa shape index (κ2) is 6.53. The fourth-order valence-corrected chi connectivity index (χ4v) is 2.68. The lowest BCUT2D eigenvalue weighted by Gasteiger charge is -2.27. The summed E-state index contributed by atoms with van der Waals surface area (Å²) in [6.07, 6.45) is 1.81. The van der Waals surface area contributed by atoms with Crippen LogP contribution in [0.25, 0.3) is 0 Å². The summed E-state index contributed by atoms with van der Waals surface area (Å²) in [5.41, 5.74) is 4.61. The van der Waals surface area contributed by atoms with Gasteiger partial charge in [0, 0.05) is 17.5 Å². The van der Waals surface area contributed by atoms with Crippen molar-refractivity contribution < 1.29 is 13.6 Å². The van der Waals surface area contributed by atoms with Crippen molar-refractivity contribution in [2.24, 2.45) is 16.3 Å². The van der Waals surface area contributed by atoms with Crippen LogP contribution in [0, 0.1) is 5.41 Å². The number of oxime groups is 1. The maximum Gasteiger partial charge on any atom is 0.209 e. The van der Waals surface area contributed by atoms with Crippen molar-refractivity contribution in [1.82, 2.24) is 10.0 Å². The molecule has 0 saturated carbocycles.